The molecule has 0 spiro atoms. The maximum absolute atomic E-state index is 12.2. The van der Waals surface area contributed by atoms with Gasteiger partial charge in [-0.05, 0) is 61.6 Å². The molecule has 3 atom stereocenters. The molecule has 1 aromatic heterocycles. The Labute approximate surface area is 102 Å². The van der Waals surface area contributed by atoms with Crippen LogP contribution in [0.3, 0.4) is 0 Å². The zero-order chi connectivity index (χ0) is 11.8. The third-order valence-electron chi connectivity index (χ3n) is 4.53. The highest BCUT2D eigenvalue weighted by Crippen LogP contribution is 2.49. The zero-order valence-electron chi connectivity index (χ0n) is 10.4. The maximum atomic E-state index is 12.2. The van der Waals surface area contributed by atoms with E-state index in [4.69, 9.17) is 0 Å². The van der Waals surface area contributed by atoms with E-state index in [1.54, 1.807) is 6.20 Å². The minimum Gasteiger partial charge on any atom is -0.292 e. The van der Waals surface area contributed by atoms with Crippen LogP contribution in [0.5, 0.6) is 0 Å². The number of carbonyl (C=O) groups is 1. The number of Topliss-reactive ketones (excluding diaryl/α,β-unsaturated/α-hetero) is 1. The van der Waals surface area contributed by atoms with E-state index in [0.717, 1.165) is 23.8 Å². The highest BCUT2D eigenvalue weighted by molar-refractivity contribution is 5.94. The van der Waals surface area contributed by atoms with Crippen LogP contribution in [0.1, 0.15) is 48.2 Å². The molecular formula is C15H19NO. The predicted molar refractivity (Wildman–Crippen MR) is 66.9 cm³/mol. The van der Waals surface area contributed by atoms with Crippen molar-refractivity contribution in [1.29, 1.82) is 0 Å². The summed E-state index contributed by atoms with van der Waals surface area (Å²) in [6.45, 7) is 2.01. The number of rotatable bonds is 3. The first kappa shape index (κ1) is 10.9. The zero-order valence-corrected chi connectivity index (χ0v) is 10.4. The van der Waals surface area contributed by atoms with Crippen molar-refractivity contribution in [2.75, 3.05) is 0 Å². The van der Waals surface area contributed by atoms with Crippen molar-refractivity contribution < 1.29 is 4.79 Å². The molecule has 1 aromatic rings. The second-order valence-electron chi connectivity index (χ2n) is 5.78. The van der Waals surface area contributed by atoms with Crippen molar-refractivity contribution in [2.45, 2.75) is 39.0 Å². The fraction of sp³-hybridized carbons (Fsp3) is 0.600. The number of aryl methyl sites for hydroxylation is 1. The first-order valence-electron chi connectivity index (χ1n) is 6.68. The standard InChI is InChI=1S/C15H19NO/c1-10-4-5-16-14(6-10)15(17)9-13-8-11-2-3-12(13)7-11/h4-6,11-13H,2-3,7-9H2,1H3. The van der Waals surface area contributed by atoms with Crippen molar-refractivity contribution in [3.05, 3.63) is 29.6 Å². The number of fused-ring (bicyclic) bond motifs is 2. The number of hydrogen-bond donors (Lipinski definition) is 0. The van der Waals surface area contributed by atoms with Gasteiger partial charge in [0.2, 0.25) is 0 Å². The highest BCUT2D eigenvalue weighted by atomic mass is 16.1. The lowest BCUT2D eigenvalue weighted by molar-refractivity contribution is 0.0939. The minimum absolute atomic E-state index is 0.242. The molecule has 2 nitrogen and oxygen atoms in total. The Hall–Kier alpha value is -1.18. The molecule has 0 aliphatic heterocycles. The first-order chi connectivity index (χ1) is 8.22. The highest BCUT2D eigenvalue weighted by Gasteiger charge is 2.40. The molecule has 0 N–H and O–H groups in total. The molecule has 2 aliphatic carbocycles. The smallest absolute Gasteiger partial charge is 0.181 e. The molecule has 17 heavy (non-hydrogen) atoms. The summed E-state index contributed by atoms with van der Waals surface area (Å²) in [5, 5.41) is 0. The van der Waals surface area contributed by atoms with E-state index >= 15 is 0 Å². The van der Waals surface area contributed by atoms with Crippen LogP contribution in [-0.4, -0.2) is 10.8 Å². The Kier molecular flexibility index (Phi) is 2.73. The quantitative estimate of drug-likeness (QED) is 0.743. The molecule has 1 heterocycles. The summed E-state index contributed by atoms with van der Waals surface area (Å²) >= 11 is 0. The van der Waals surface area contributed by atoms with Gasteiger partial charge in [0, 0.05) is 12.6 Å². The second kappa shape index (κ2) is 4.25. The average molecular weight is 229 g/mol. The van der Waals surface area contributed by atoms with Crippen LogP contribution < -0.4 is 0 Å². The van der Waals surface area contributed by atoms with Crippen LogP contribution in [0.25, 0.3) is 0 Å². The lowest BCUT2D eigenvalue weighted by Crippen LogP contribution is -2.16. The lowest BCUT2D eigenvalue weighted by Gasteiger charge is -2.20. The van der Waals surface area contributed by atoms with Gasteiger partial charge < -0.3 is 0 Å². The number of carbonyl (C=O) groups excluding carboxylic acids is 1. The van der Waals surface area contributed by atoms with Gasteiger partial charge in [-0.15, -0.1) is 0 Å². The van der Waals surface area contributed by atoms with E-state index in [2.05, 4.69) is 4.98 Å². The average Bonchev–Trinajstić information content (AvgIpc) is 2.91. The van der Waals surface area contributed by atoms with E-state index in [1.165, 1.54) is 25.7 Å². The summed E-state index contributed by atoms with van der Waals surface area (Å²) in [4.78, 5) is 16.4. The molecule has 2 heteroatoms. The SMILES string of the molecule is Cc1ccnc(C(=O)CC2CC3CCC2C3)c1. The van der Waals surface area contributed by atoms with Crippen LogP contribution in [0, 0.1) is 24.7 Å². The molecule has 3 unspecified atom stereocenters. The molecule has 0 aromatic carbocycles. The van der Waals surface area contributed by atoms with Crippen LogP contribution in [0.2, 0.25) is 0 Å². The summed E-state index contributed by atoms with van der Waals surface area (Å²) in [5.41, 5.74) is 1.78. The number of pyridine rings is 1. The van der Waals surface area contributed by atoms with Crippen molar-refractivity contribution in [2.24, 2.45) is 17.8 Å². The monoisotopic (exact) mass is 229 g/mol. The summed E-state index contributed by atoms with van der Waals surface area (Å²) in [7, 11) is 0. The third-order valence-corrected chi connectivity index (χ3v) is 4.53. The minimum atomic E-state index is 0.242. The molecule has 3 rings (SSSR count). The molecule has 2 bridgehead atoms. The summed E-state index contributed by atoms with van der Waals surface area (Å²) in [6.07, 6.45) is 7.87. The Balaban J connectivity index is 1.68. The molecular weight excluding hydrogens is 210 g/mol. The third kappa shape index (κ3) is 2.13. The molecule has 2 fully saturated rings. The fourth-order valence-electron chi connectivity index (χ4n) is 3.66. The number of ketones is 1. The van der Waals surface area contributed by atoms with Crippen molar-refractivity contribution in [1.82, 2.24) is 4.98 Å². The molecule has 0 amide bonds. The van der Waals surface area contributed by atoms with Crippen molar-refractivity contribution >= 4 is 5.78 Å². The van der Waals surface area contributed by atoms with Crippen LogP contribution in [0.15, 0.2) is 18.3 Å². The topological polar surface area (TPSA) is 30.0 Å². The molecule has 0 saturated heterocycles. The normalized spacial score (nSPS) is 30.8. The fourth-order valence-corrected chi connectivity index (χ4v) is 3.66. The number of hydrogen-bond acceptors (Lipinski definition) is 2. The summed E-state index contributed by atoms with van der Waals surface area (Å²) in [6, 6.07) is 3.85. The van der Waals surface area contributed by atoms with E-state index in [1.807, 2.05) is 19.1 Å². The van der Waals surface area contributed by atoms with Crippen LogP contribution >= 0.6 is 0 Å². The van der Waals surface area contributed by atoms with Crippen LogP contribution in [-0.2, 0) is 0 Å². The van der Waals surface area contributed by atoms with Gasteiger partial charge in [0.25, 0.3) is 0 Å². The van der Waals surface area contributed by atoms with Crippen molar-refractivity contribution in [3.8, 4) is 0 Å². The van der Waals surface area contributed by atoms with Gasteiger partial charge in [-0.1, -0.05) is 6.42 Å². The molecule has 90 valence electrons. The summed E-state index contributed by atoms with van der Waals surface area (Å²) in [5.74, 6) is 2.63. The first-order valence-corrected chi connectivity index (χ1v) is 6.68. The predicted octanol–water partition coefficient (Wildman–Crippen LogP) is 3.40. The van der Waals surface area contributed by atoms with E-state index in [-0.39, 0.29) is 5.78 Å². The maximum Gasteiger partial charge on any atom is 0.181 e. The van der Waals surface area contributed by atoms with E-state index in [0.29, 0.717) is 11.6 Å². The van der Waals surface area contributed by atoms with Gasteiger partial charge in [-0.3, -0.25) is 9.78 Å². The Morgan fingerprint density at radius 2 is 2.29 bits per heavy atom. The lowest BCUT2D eigenvalue weighted by atomic mass is 9.85. The Morgan fingerprint density at radius 3 is 2.94 bits per heavy atom. The molecule has 2 aliphatic rings. The number of nitrogens with zero attached hydrogens (tertiary/aromatic N) is 1. The van der Waals surface area contributed by atoms with Gasteiger partial charge >= 0.3 is 0 Å². The van der Waals surface area contributed by atoms with Gasteiger partial charge in [0.1, 0.15) is 5.69 Å². The largest absolute Gasteiger partial charge is 0.292 e. The number of aromatic nitrogens is 1. The van der Waals surface area contributed by atoms with Crippen molar-refractivity contribution in [3.63, 3.8) is 0 Å². The second-order valence-corrected chi connectivity index (χ2v) is 5.78. The molecule has 0 radical (unpaired) electrons. The van der Waals surface area contributed by atoms with E-state index in [9.17, 15) is 4.79 Å². The van der Waals surface area contributed by atoms with Gasteiger partial charge in [-0.25, -0.2) is 0 Å². The summed E-state index contributed by atoms with van der Waals surface area (Å²) < 4.78 is 0. The van der Waals surface area contributed by atoms with Gasteiger partial charge in [-0.2, -0.15) is 0 Å². The van der Waals surface area contributed by atoms with E-state index < -0.39 is 0 Å². The van der Waals surface area contributed by atoms with Gasteiger partial charge in [0.15, 0.2) is 5.78 Å². The Bertz CT molecular complexity index is 440. The Morgan fingerprint density at radius 1 is 1.41 bits per heavy atom. The molecule has 2 saturated carbocycles. The van der Waals surface area contributed by atoms with Crippen LogP contribution in [0.4, 0.5) is 0 Å². The van der Waals surface area contributed by atoms with Gasteiger partial charge in [0.05, 0.1) is 0 Å².